The number of para-hydroxylation sites is 1. The summed E-state index contributed by atoms with van der Waals surface area (Å²) in [5, 5.41) is 10.8. The van der Waals surface area contributed by atoms with Gasteiger partial charge in [-0.25, -0.2) is 8.42 Å². The van der Waals surface area contributed by atoms with Crippen molar-refractivity contribution < 1.29 is 18.1 Å². The maximum absolute atomic E-state index is 12.4. The first-order valence-electron chi connectivity index (χ1n) is 7.54. The van der Waals surface area contributed by atoms with Gasteiger partial charge in [0.25, 0.3) is 15.7 Å². The third-order valence-corrected chi connectivity index (χ3v) is 4.80. The van der Waals surface area contributed by atoms with Crippen molar-refractivity contribution in [1.82, 2.24) is 0 Å². The number of nitro groups is 1. The lowest BCUT2D eigenvalue weighted by molar-refractivity contribution is -0.385. The molecule has 0 fully saturated rings. The third-order valence-electron chi connectivity index (χ3n) is 3.42. The van der Waals surface area contributed by atoms with Crippen molar-refractivity contribution in [3.8, 4) is 11.5 Å². The molecule has 26 heavy (non-hydrogen) atoms. The molecule has 0 unspecified atom stereocenters. The summed E-state index contributed by atoms with van der Waals surface area (Å²) in [6.07, 6.45) is 0. The lowest BCUT2D eigenvalue weighted by atomic mass is 10.3. The van der Waals surface area contributed by atoms with Gasteiger partial charge < -0.3 is 4.74 Å². The molecule has 8 heteroatoms. The number of hydrogen-bond acceptors (Lipinski definition) is 5. The molecule has 0 heterocycles. The van der Waals surface area contributed by atoms with Gasteiger partial charge in [-0.3, -0.25) is 14.8 Å². The quantitative estimate of drug-likeness (QED) is 0.518. The van der Waals surface area contributed by atoms with Crippen LogP contribution in [0.1, 0.15) is 0 Å². The number of ether oxygens (including phenoxy) is 1. The molecule has 0 radical (unpaired) electrons. The lowest BCUT2D eigenvalue weighted by Gasteiger charge is -2.09. The average Bonchev–Trinajstić information content (AvgIpc) is 2.64. The second-order valence-electron chi connectivity index (χ2n) is 5.30. The minimum Gasteiger partial charge on any atom is -0.457 e. The minimum atomic E-state index is -3.94. The van der Waals surface area contributed by atoms with Crippen LogP contribution in [0.5, 0.6) is 11.5 Å². The second kappa shape index (κ2) is 7.24. The van der Waals surface area contributed by atoms with E-state index >= 15 is 0 Å². The van der Waals surface area contributed by atoms with Gasteiger partial charge in [-0.2, -0.15) is 0 Å². The summed E-state index contributed by atoms with van der Waals surface area (Å²) >= 11 is 0. The number of nitro benzene ring substituents is 1. The number of hydrogen-bond donors (Lipinski definition) is 1. The first-order chi connectivity index (χ1) is 12.4. The van der Waals surface area contributed by atoms with Crippen molar-refractivity contribution in [3.05, 3.63) is 89.0 Å². The van der Waals surface area contributed by atoms with Crippen LogP contribution in [0.25, 0.3) is 0 Å². The van der Waals surface area contributed by atoms with Gasteiger partial charge in [-0.15, -0.1) is 0 Å². The molecule has 0 bridgehead atoms. The Morgan fingerprint density at radius 1 is 0.846 bits per heavy atom. The van der Waals surface area contributed by atoms with E-state index in [-0.39, 0.29) is 10.6 Å². The van der Waals surface area contributed by atoms with E-state index < -0.39 is 14.9 Å². The summed E-state index contributed by atoms with van der Waals surface area (Å²) in [5.41, 5.74) is 0.0244. The summed E-state index contributed by atoms with van der Waals surface area (Å²) < 4.78 is 32.8. The summed E-state index contributed by atoms with van der Waals surface area (Å²) in [5.74, 6) is 1.21. The monoisotopic (exact) mass is 370 g/mol. The topological polar surface area (TPSA) is 98.5 Å². The molecule has 3 aromatic rings. The van der Waals surface area contributed by atoms with Crippen molar-refractivity contribution in [2.45, 2.75) is 4.90 Å². The van der Waals surface area contributed by atoms with Crippen LogP contribution in [-0.2, 0) is 10.0 Å². The molecular weight excluding hydrogens is 356 g/mol. The molecule has 0 aliphatic carbocycles. The number of non-ortho nitro benzene ring substituents is 1. The predicted octanol–water partition coefficient (Wildman–Crippen LogP) is 4.19. The van der Waals surface area contributed by atoms with Crippen molar-refractivity contribution in [3.63, 3.8) is 0 Å². The molecule has 0 atom stereocenters. The van der Waals surface area contributed by atoms with E-state index in [9.17, 15) is 18.5 Å². The van der Waals surface area contributed by atoms with E-state index in [1.54, 1.807) is 36.4 Å². The molecule has 0 aliphatic rings. The van der Waals surface area contributed by atoms with Gasteiger partial charge in [-0.05, 0) is 42.5 Å². The van der Waals surface area contributed by atoms with Crippen LogP contribution < -0.4 is 9.46 Å². The highest BCUT2D eigenvalue weighted by Crippen LogP contribution is 2.25. The zero-order valence-corrected chi connectivity index (χ0v) is 14.2. The van der Waals surface area contributed by atoms with Crippen LogP contribution in [0.15, 0.2) is 83.8 Å². The summed E-state index contributed by atoms with van der Waals surface area (Å²) in [7, 11) is -3.94. The SMILES string of the molecule is O=[N+]([O-])c1cccc(S(=O)(=O)Nc2ccc(Oc3ccccc3)cc2)c1. The Hall–Kier alpha value is -3.39. The normalized spacial score (nSPS) is 10.9. The fraction of sp³-hybridized carbons (Fsp3) is 0. The summed E-state index contributed by atoms with van der Waals surface area (Å²) in [4.78, 5) is 9.97. The number of nitrogens with one attached hydrogen (secondary N) is 1. The van der Waals surface area contributed by atoms with Gasteiger partial charge in [0.1, 0.15) is 11.5 Å². The van der Waals surface area contributed by atoms with Crippen LogP contribution in [0.4, 0.5) is 11.4 Å². The predicted molar refractivity (Wildman–Crippen MR) is 96.9 cm³/mol. The number of rotatable bonds is 6. The van der Waals surface area contributed by atoms with Crippen molar-refractivity contribution in [2.75, 3.05) is 4.72 Å². The molecule has 0 aromatic heterocycles. The molecule has 0 saturated carbocycles. The first-order valence-corrected chi connectivity index (χ1v) is 9.03. The van der Waals surface area contributed by atoms with Gasteiger partial charge in [0.2, 0.25) is 0 Å². The Bertz CT molecular complexity index is 1020. The highest BCUT2D eigenvalue weighted by atomic mass is 32.2. The maximum Gasteiger partial charge on any atom is 0.270 e. The molecule has 0 spiro atoms. The van der Waals surface area contributed by atoms with Crippen LogP contribution in [0, 0.1) is 10.1 Å². The number of nitrogens with zero attached hydrogens (tertiary/aromatic N) is 1. The van der Waals surface area contributed by atoms with E-state index in [1.807, 2.05) is 18.2 Å². The van der Waals surface area contributed by atoms with Crippen molar-refractivity contribution in [2.24, 2.45) is 0 Å². The standard InChI is InChI=1S/C18H14N2O5S/c21-20(22)15-5-4-8-18(13-15)26(23,24)19-14-9-11-17(12-10-14)25-16-6-2-1-3-7-16/h1-13,19H. The molecule has 7 nitrogen and oxygen atoms in total. The molecular formula is C18H14N2O5S. The Morgan fingerprint density at radius 3 is 2.15 bits per heavy atom. The average molecular weight is 370 g/mol. The van der Waals surface area contributed by atoms with Gasteiger partial charge in [0.15, 0.2) is 0 Å². The zero-order valence-electron chi connectivity index (χ0n) is 13.4. The largest absolute Gasteiger partial charge is 0.457 e. The minimum absolute atomic E-state index is 0.184. The fourth-order valence-corrected chi connectivity index (χ4v) is 3.29. The van der Waals surface area contributed by atoms with E-state index in [4.69, 9.17) is 4.74 Å². The number of benzene rings is 3. The second-order valence-corrected chi connectivity index (χ2v) is 6.98. The van der Waals surface area contributed by atoms with Crippen molar-refractivity contribution >= 4 is 21.4 Å². The van der Waals surface area contributed by atoms with E-state index in [0.29, 0.717) is 17.2 Å². The Kier molecular flexibility index (Phi) is 4.85. The molecule has 0 aliphatic heterocycles. The van der Waals surface area contributed by atoms with Gasteiger partial charge >= 0.3 is 0 Å². The lowest BCUT2D eigenvalue weighted by Crippen LogP contribution is -2.13. The van der Waals surface area contributed by atoms with Gasteiger partial charge in [0.05, 0.1) is 9.82 Å². The molecule has 0 amide bonds. The fourth-order valence-electron chi connectivity index (χ4n) is 2.19. The van der Waals surface area contributed by atoms with E-state index in [2.05, 4.69) is 4.72 Å². The molecule has 0 saturated heterocycles. The first kappa shape index (κ1) is 17.4. The van der Waals surface area contributed by atoms with Crippen LogP contribution in [-0.4, -0.2) is 13.3 Å². The van der Waals surface area contributed by atoms with Crippen LogP contribution in [0.3, 0.4) is 0 Å². The Labute approximate surface area is 150 Å². The number of sulfonamides is 1. The summed E-state index contributed by atoms with van der Waals surface area (Å²) in [6.45, 7) is 0. The van der Waals surface area contributed by atoms with Crippen molar-refractivity contribution in [1.29, 1.82) is 0 Å². The van der Waals surface area contributed by atoms with Gasteiger partial charge in [-0.1, -0.05) is 24.3 Å². The Balaban J connectivity index is 1.76. The molecule has 3 rings (SSSR count). The summed E-state index contributed by atoms with van der Waals surface area (Å²) in [6, 6.07) is 20.4. The third kappa shape index (κ3) is 4.17. The molecule has 1 N–H and O–H groups in total. The molecule has 3 aromatic carbocycles. The van der Waals surface area contributed by atoms with Crippen LogP contribution >= 0.6 is 0 Å². The Morgan fingerprint density at radius 2 is 1.50 bits per heavy atom. The van der Waals surface area contributed by atoms with Gasteiger partial charge in [0, 0.05) is 17.8 Å². The highest BCUT2D eigenvalue weighted by molar-refractivity contribution is 7.92. The smallest absolute Gasteiger partial charge is 0.270 e. The zero-order chi connectivity index (χ0) is 18.6. The van der Waals surface area contributed by atoms with E-state index in [0.717, 1.165) is 6.07 Å². The maximum atomic E-state index is 12.4. The number of anilines is 1. The highest BCUT2D eigenvalue weighted by Gasteiger charge is 2.17. The van der Waals surface area contributed by atoms with E-state index in [1.165, 1.54) is 18.2 Å². The van der Waals surface area contributed by atoms with Crippen LogP contribution in [0.2, 0.25) is 0 Å². The molecule has 132 valence electrons.